The summed E-state index contributed by atoms with van der Waals surface area (Å²) < 4.78 is 13.6. The number of amidine groups is 1. The monoisotopic (exact) mass is 286 g/mol. The highest BCUT2D eigenvalue weighted by atomic mass is 35.5. The Morgan fingerprint density at radius 1 is 1.56 bits per heavy atom. The molecule has 0 aromatic heterocycles. The lowest BCUT2D eigenvalue weighted by Gasteiger charge is -2.08. The number of hydrogen-bond donors (Lipinski definition) is 1. The zero-order valence-corrected chi connectivity index (χ0v) is 12.0. The van der Waals surface area contributed by atoms with Crippen LogP contribution in [0.1, 0.15) is 20.3 Å². The predicted molar refractivity (Wildman–Crippen MR) is 78.2 cm³/mol. The highest BCUT2D eigenvalue weighted by molar-refractivity contribution is 8.14. The van der Waals surface area contributed by atoms with Gasteiger partial charge in [0.1, 0.15) is 5.82 Å². The fraction of sp³-hybridized carbons (Fsp3) is 0.462. The van der Waals surface area contributed by atoms with E-state index in [1.165, 1.54) is 6.07 Å². The molecule has 0 bridgehead atoms. The van der Waals surface area contributed by atoms with Crippen molar-refractivity contribution >= 4 is 34.2 Å². The fourth-order valence-electron chi connectivity index (χ4n) is 1.87. The second kappa shape index (κ2) is 5.93. The Kier molecular flexibility index (Phi) is 4.51. The lowest BCUT2D eigenvalue weighted by molar-refractivity contribution is 0.529. The van der Waals surface area contributed by atoms with Crippen molar-refractivity contribution in [2.75, 3.05) is 11.1 Å². The maximum atomic E-state index is 13.6. The van der Waals surface area contributed by atoms with Gasteiger partial charge in [-0.05, 0) is 24.5 Å². The van der Waals surface area contributed by atoms with Crippen LogP contribution in [0.2, 0.25) is 5.02 Å². The Morgan fingerprint density at radius 3 is 3.00 bits per heavy atom. The first-order valence-corrected chi connectivity index (χ1v) is 7.34. The van der Waals surface area contributed by atoms with Crippen LogP contribution in [-0.2, 0) is 0 Å². The molecule has 0 saturated heterocycles. The topological polar surface area (TPSA) is 24.4 Å². The quantitative estimate of drug-likeness (QED) is 0.890. The molecule has 0 radical (unpaired) electrons. The average molecular weight is 287 g/mol. The van der Waals surface area contributed by atoms with Gasteiger partial charge in [-0.3, -0.25) is 4.99 Å². The van der Waals surface area contributed by atoms with Gasteiger partial charge in [0, 0.05) is 5.75 Å². The van der Waals surface area contributed by atoms with E-state index in [1.807, 2.05) is 0 Å². The van der Waals surface area contributed by atoms with Gasteiger partial charge in [-0.25, -0.2) is 4.39 Å². The minimum absolute atomic E-state index is 0.315. The van der Waals surface area contributed by atoms with Crippen LogP contribution in [0.4, 0.5) is 10.1 Å². The lowest BCUT2D eigenvalue weighted by atomic mass is 10.1. The second-order valence-electron chi connectivity index (χ2n) is 4.75. The molecule has 98 valence electrons. The number of nitrogens with zero attached hydrogens (tertiary/aromatic N) is 1. The Labute approximate surface area is 116 Å². The predicted octanol–water partition coefficient (Wildman–Crippen LogP) is 4.41. The van der Waals surface area contributed by atoms with Crippen LogP contribution in [-0.4, -0.2) is 17.0 Å². The minimum Gasteiger partial charge on any atom is -0.331 e. The number of rotatable bonds is 3. The van der Waals surface area contributed by atoms with Crippen molar-refractivity contribution in [1.82, 2.24) is 0 Å². The zero-order chi connectivity index (χ0) is 13.1. The molecule has 0 amide bonds. The Bertz CT molecular complexity index is 442. The summed E-state index contributed by atoms with van der Waals surface area (Å²) in [6.07, 6.45) is 1.06. The van der Waals surface area contributed by atoms with E-state index in [-0.39, 0.29) is 5.82 Å². The van der Waals surface area contributed by atoms with Gasteiger partial charge in [0.15, 0.2) is 5.17 Å². The number of anilines is 1. The standard InChI is InChI=1S/C13H16ClFN2S/c1-8(2)6-9-7-18-13(16-9)17-12-10(14)4-3-5-11(12)15/h3-5,8-9H,6-7H2,1-2H3,(H,16,17). The van der Waals surface area contributed by atoms with Crippen molar-refractivity contribution < 1.29 is 4.39 Å². The van der Waals surface area contributed by atoms with Crippen molar-refractivity contribution in [2.45, 2.75) is 26.3 Å². The van der Waals surface area contributed by atoms with Crippen LogP contribution in [0.5, 0.6) is 0 Å². The second-order valence-corrected chi connectivity index (χ2v) is 6.17. The summed E-state index contributed by atoms with van der Waals surface area (Å²) in [6, 6.07) is 4.97. The summed E-state index contributed by atoms with van der Waals surface area (Å²) in [7, 11) is 0. The SMILES string of the molecule is CC(C)CC1CSC(Nc2c(F)cccc2Cl)=N1. The van der Waals surface area contributed by atoms with Gasteiger partial charge in [-0.1, -0.05) is 43.3 Å². The highest BCUT2D eigenvalue weighted by Gasteiger charge is 2.20. The highest BCUT2D eigenvalue weighted by Crippen LogP contribution is 2.29. The van der Waals surface area contributed by atoms with Crippen LogP contribution < -0.4 is 5.32 Å². The number of benzene rings is 1. The molecule has 1 heterocycles. The number of hydrogen-bond acceptors (Lipinski definition) is 3. The summed E-state index contributed by atoms with van der Waals surface area (Å²) >= 11 is 7.58. The molecule has 5 heteroatoms. The largest absolute Gasteiger partial charge is 0.331 e. The van der Waals surface area contributed by atoms with E-state index in [9.17, 15) is 4.39 Å². The van der Waals surface area contributed by atoms with E-state index in [4.69, 9.17) is 11.6 Å². The van der Waals surface area contributed by atoms with Crippen LogP contribution in [0.15, 0.2) is 23.2 Å². The normalized spacial score (nSPS) is 19.2. The molecular weight excluding hydrogens is 271 g/mol. The van der Waals surface area contributed by atoms with Gasteiger partial charge in [0.2, 0.25) is 0 Å². The summed E-state index contributed by atoms with van der Waals surface area (Å²) in [5, 5.41) is 4.12. The molecule has 1 unspecified atom stereocenters. The number of thioether (sulfide) groups is 1. The van der Waals surface area contributed by atoms with E-state index in [0.717, 1.165) is 17.3 Å². The smallest absolute Gasteiger partial charge is 0.161 e. The molecule has 1 atom stereocenters. The third kappa shape index (κ3) is 3.39. The summed E-state index contributed by atoms with van der Waals surface area (Å²) in [4.78, 5) is 4.55. The molecule has 2 rings (SSSR count). The van der Waals surface area contributed by atoms with Gasteiger partial charge in [-0.2, -0.15) is 0 Å². The van der Waals surface area contributed by atoms with Gasteiger partial charge in [-0.15, -0.1) is 0 Å². The molecule has 0 saturated carbocycles. The van der Waals surface area contributed by atoms with Gasteiger partial charge >= 0.3 is 0 Å². The van der Waals surface area contributed by atoms with Gasteiger partial charge in [0.05, 0.1) is 16.8 Å². The molecule has 18 heavy (non-hydrogen) atoms. The van der Waals surface area contributed by atoms with Crippen molar-refractivity contribution in [3.63, 3.8) is 0 Å². The molecule has 1 aliphatic rings. The van der Waals surface area contributed by atoms with Crippen LogP contribution in [0, 0.1) is 11.7 Å². The van der Waals surface area contributed by atoms with E-state index < -0.39 is 0 Å². The summed E-state index contributed by atoms with van der Waals surface area (Å²) in [5.41, 5.74) is 0.315. The first kappa shape index (κ1) is 13.7. The number of para-hydroxylation sites is 1. The summed E-state index contributed by atoms with van der Waals surface area (Å²) in [5.74, 6) is 1.22. The molecular formula is C13H16ClFN2S. The first-order chi connectivity index (χ1) is 8.56. The zero-order valence-electron chi connectivity index (χ0n) is 10.4. The molecule has 1 aliphatic heterocycles. The number of nitrogens with one attached hydrogen (secondary N) is 1. The van der Waals surface area contributed by atoms with Crippen LogP contribution in [0.25, 0.3) is 0 Å². The van der Waals surface area contributed by atoms with Crippen molar-refractivity contribution in [3.05, 3.63) is 29.0 Å². The van der Waals surface area contributed by atoms with E-state index in [2.05, 4.69) is 24.2 Å². The fourth-order valence-corrected chi connectivity index (χ4v) is 3.04. The maximum absolute atomic E-state index is 13.6. The van der Waals surface area contributed by atoms with Gasteiger partial charge < -0.3 is 5.32 Å². The molecule has 1 N–H and O–H groups in total. The summed E-state index contributed by atoms with van der Waals surface area (Å²) in [6.45, 7) is 4.36. The van der Waals surface area contributed by atoms with Crippen molar-refractivity contribution in [3.8, 4) is 0 Å². The van der Waals surface area contributed by atoms with Crippen molar-refractivity contribution in [1.29, 1.82) is 0 Å². The van der Waals surface area contributed by atoms with Crippen LogP contribution >= 0.6 is 23.4 Å². The molecule has 0 spiro atoms. The maximum Gasteiger partial charge on any atom is 0.161 e. The molecule has 2 nitrogen and oxygen atoms in total. The van der Waals surface area contributed by atoms with Crippen molar-refractivity contribution in [2.24, 2.45) is 10.9 Å². The van der Waals surface area contributed by atoms with Crippen LogP contribution in [0.3, 0.4) is 0 Å². The Hall–Kier alpha value is -0.740. The van der Waals surface area contributed by atoms with E-state index in [0.29, 0.717) is 22.7 Å². The number of aliphatic imine (C=N–C) groups is 1. The van der Waals surface area contributed by atoms with E-state index in [1.54, 1.807) is 23.9 Å². The molecule has 1 aromatic rings. The minimum atomic E-state index is -0.349. The molecule has 0 fully saturated rings. The first-order valence-electron chi connectivity index (χ1n) is 5.98. The molecule has 0 aliphatic carbocycles. The number of halogens is 2. The Morgan fingerprint density at radius 2 is 2.33 bits per heavy atom. The average Bonchev–Trinajstić information content (AvgIpc) is 2.70. The molecule has 1 aromatic carbocycles. The van der Waals surface area contributed by atoms with Gasteiger partial charge in [0.25, 0.3) is 0 Å². The lowest BCUT2D eigenvalue weighted by Crippen LogP contribution is -2.09. The third-order valence-corrected chi connectivity index (χ3v) is 4.00. The van der Waals surface area contributed by atoms with E-state index >= 15 is 0 Å². The third-order valence-electron chi connectivity index (χ3n) is 2.65. The Balaban J connectivity index is 2.06.